The number of ether oxygens (including phenoxy) is 1. The van der Waals surface area contributed by atoms with E-state index in [4.69, 9.17) is 9.72 Å². The number of nitrogens with zero attached hydrogens (tertiary/aromatic N) is 4. The van der Waals surface area contributed by atoms with E-state index in [1.165, 1.54) is 55.8 Å². The van der Waals surface area contributed by atoms with Crippen molar-refractivity contribution < 1.29 is 4.74 Å². The second-order valence-electron chi connectivity index (χ2n) is 17.6. The minimum atomic E-state index is -0.0168. The summed E-state index contributed by atoms with van der Waals surface area (Å²) in [5.74, 6) is 2.45. The van der Waals surface area contributed by atoms with Crippen molar-refractivity contribution in [3.63, 3.8) is 0 Å². The van der Waals surface area contributed by atoms with Gasteiger partial charge < -0.3 is 14.5 Å². The van der Waals surface area contributed by atoms with Crippen molar-refractivity contribution in [2.75, 3.05) is 16.5 Å². The molecule has 2 aromatic heterocycles. The normalized spacial score (nSPS) is 13.1. The van der Waals surface area contributed by atoms with E-state index in [0.717, 1.165) is 39.4 Å². The summed E-state index contributed by atoms with van der Waals surface area (Å²) in [5.41, 5.74) is 14.4. The molecule has 1 aliphatic rings. The van der Waals surface area contributed by atoms with Gasteiger partial charge in [0.2, 0.25) is 0 Å². The Labute approximate surface area is 336 Å². The molecule has 3 heterocycles. The molecule has 0 bridgehead atoms. The third-order valence-electron chi connectivity index (χ3n) is 11.5. The number of anilines is 4. The first-order valence-corrected chi connectivity index (χ1v) is 20.0. The first kappa shape index (κ1) is 36.3. The molecule has 5 heteroatoms. The van der Waals surface area contributed by atoms with Crippen LogP contribution in [0.25, 0.3) is 38.8 Å². The van der Waals surface area contributed by atoms with Crippen molar-refractivity contribution in [2.45, 2.75) is 66.2 Å². The maximum absolute atomic E-state index is 6.77. The van der Waals surface area contributed by atoms with Gasteiger partial charge in [-0.15, -0.1) is 0 Å². The molecule has 0 spiro atoms. The maximum atomic E-state index is 6.77. The Morgan fingerprint density at radius 1 is 0.509 bits per heavy atom. The highest BCUT2D eigenvalue weighted by atomic mass is 16.5. The van der Waals surface area contributed by atoms with Crippen LogP contribution in [-0.4, -0.2) is 16.2 Å². The van der Waals surface area contributed by atoms with E-state index in [2.05, 4.69) is 203 Å². The first-order chi connectivity index (χ1) is 27.3. The van der Waals surface area contributed by atoms with E-state index in [0.29, 0.717) is 6.67 Å². The molecular formula is C52H50N4O. The van der Waals surface area contributed by atoms with Crippen LogP contribution in [0.5, 0.6) is 11.5 Å². The fourth-order valence-corrected chi connectivity index (χ4v) is 8.07. The topological polar surface area (TPSA) is 33.5 Å². The molecular weight excluding hydrogens is 697 g/mol. The van der Waals surface area contributed by atoms with Crippen molar-refractivity contribution in [1.82, 2.24) is 9.55 Å². The zero-order valence-corrected chi connectivity index (χ0v) is 34.3. The lowest BCUT2D eigenvalue weighted by Gasteiger charge is -2.25. The van der Waals surface area contributed by atoms with Gasteiger partial charge in [0.25, 0.3) is 0 Å². The lowest BCUT2D eigenvalue weighted by atomic mass is 9.87. The lowest BCUT2D eigenvalue weighted by Crippen LogP contribution is -2.24. The van der Waals surface area contributed by atoms with E-state index >= 15 is 0 Å². The van der Waals surface area contributed by atoms with Gasteiger partial charge in [-0.25, -0.2) is 4.98 Å². The Bertz CT molecular complexity index is 2800. The van der Waals surface area contributed by atoms with Crippen molar-refractivity contribution in [1.29, 1.82) is 0 Å². The number of rotatable bonds is 6. The minimum Gasteiger partial charge on any atom is -0.457 e. The predicted octanol–water partition coefficient (Wildman–Crippen LogP) is 14.1. The molecule has 57 heavy (non-hydrogen) atoms. The summed E-state index contributed by atoms with van der Waals surface area (Å²) in [6.07, 6.45) is 1.93. The number of hydrogen-bond acceptors (Lipinski definition) is 4. The number of fused-ring (bicyclic) bond motifs is 4. The third-order valence-corrected chi connectivity index (χ3v) is 11.5. The molecule has 284 valence electrons. The van der Waals surface area contributed by atoms with Crippen LogP contribution in [-0.2, 0) is 10.8 Å². The van der Waals surface area contributed by atoms with Gasteiger partial charge in [-0.1, -0.05) is 96.1 Å². The molecule has 0 N–H and O–H groups in total. The number of hydrogen-bond donors (Lipinski definition) is 0. The fourth-order valence-electron chi connectivity index (χ4n) is 8.07. The average molecular weight is 747 g/mol. The summed E-state index contributed by atoms with van der Waals surface area (Å²) >= 11 is 0. The molecule has 8 aromatic rings. The van der Waals surface area contributed by atoms with Crippen LogP contribution in [0.3, 0.4) is 0 Å². The highest BCUT2D eigenvalue weighted by Crippen LogP contribution is 2.47. The molecule has 1 aliphatic heterocycles. The van der Waals surface area contributed by atoms with Crippen molar-refractivity contribution >= 4 is 44.6 Å². The molecule has 0 saturated heterocycles. The molecule has 0 fully saturated rings. The number of aryl methyl sites for hydroxylation is 2. The van der Waals surface area contributed by atoms with Gasteiger partial charge in [-0.05, 0) is 131 Å². The van der Waals surface area contributed by atoms with E-state index in [1.807, 2.05) is 12.3 Å². The zero-order chi connectivity index (χ0) is 39.6. The number of aromatic nitrogens is 2. The average Bonchev–Trinajstić information content (AvgIpc) is 3.72. The summed E-state index contributed by atoms with van der Waals surface area (Å²) in [6.45, 7) is 18.7. The van der Waals surface area contributed by atoms with Crippen molar-refractivity contribution in [3.8, 4) is 28.4 Å². The molecule has 0 radical (unpaired) electrons. The quantitative estimate of drug-likeness (QED) is 0.170. The Hall–Kier alpha value is -6.33. The van der Waals surface area contributed by atoms with E-state index in [-0.39, 0.29) is 10.8 Å². The van der Waals surface area contributed by atoms with E-state index in [9.17, 15) is 0 Å². The van der Waals surface area contributed by atoms with E-state index in [1.54, 1.807) is 0 Å². The smallest absolute Gasteiger partial charge is 0.137 e. The van der Waals surface area contributed by atoms with Crippen LogP contribution in [0.15, 0.2) is 146 Å². The Morgan fingerprint density at radius 2 is 1.16 bits per heavy atom. The monoisotopic (exact) mass is 746 g/mol. The van der Waals surface area contributed by atoms with Crippen LogP contribution in [0.1, 0.15) is 63.8 Å². The molecule has 5 nitrogen and oxygen atoms in total. The fraction of sp³-hybridized carbons (Fsp3) is 0.212. The molecule has 0 unspecified atom stereocenters. The number of benzene rings is 6. The largest absolute Gasteiger partial charge is 0.457 e. The number of pyridine rings is 1. The van der Waals surface area contributed by atoms with Gasteiger partial charge in [0, 0.05) is 40.5 Å². The third kappa shape index (κ3) is 6.71. The van der Waals surface area contributed by atoms with Crippen molar-refractivity contribution in [3.05, 3.63) is 168 Å². The van der Waals surface area contributed by atoms with Crippen molar-refractivity contribution in [2.24, 2.45) is 0 Å². The molecule has 0 saturated carbocycles. The van der Waals surface area contributed by atoms with Crippen LogP contribution in [0.2, 0.25) is 0 Å². The lowest BCUT2D eigenvalue weighted by molar-refractivity contribution is 0.483. The van der Waals surface area contributed by atoms with Gasteiger partial charge in [-0.2, -0.15) is 0 Å². The Morgan fingerprint density at radius 3 is 1.86 bits per heavy atom. The summed E-state index contributed by atoms with van der Waals surface area (Å²) in [4.78, 5) is 9.77. The molecule has 9 rings (SSSR count). The first-order valence-electron chi connectivity index (χ1n) is 20.0. The highest BCUT2D eigenvalue weighted by Gasteiger charge is 2.30. The molecule has 6 aromatic carbocycles. The molecule has 0 amide bonds. The maximum Gasteiger partial charge on any atom is 0.137 e. The SMILES string of the molecule is Cc1cc2c(cc1C)N(c1cccc(C(C)(C)C)c1)CN2c1cccc(Oc2ccc3c4cc(-c5ccccc5)ccc4n(-c4cc(C(C)(C)C)ccn4)c3c2)c1. The van der Waals surface area contributed by atoms with Crippen LogP contribution in [0.4, 0.5) is 22.7 Å². The van der Waals surface area contributed by atoms with Gasteiger partial charge in [-0.3, -0.25) is 4.57 Å². The standard InChI is InChI=1S/C52H50N4O/c1-34-26-48-49(27-35(34)2)55(33-54(48)40-17-12-16-38(29-40)51(3,4)5)41-18-13-19-42(31-41)57-43-21-22-44-45-28-37(36-14-10-9-11-15-36)20-23-46(45)56(47(44)32-43)50-30-39(24-25-53-50)52(6,7)8/h9-32H,33H2,1-8H3. The van der Waals surface area contributed by atoms with Gasteiger partial charge in [0.1, 0.15) is 24.0 Å². The van der Waals surface area contributed by atoms with Crippen LogP contribution < -0.4 is 14.5 Å². The summed E-state index contributed by atoms with van der Waals surface area (Å²) in [5, 5.41) is 2.33. The zero-order valence-electron chi connectivity index (χ0n) is 34.3. The van der Waals surface area contributed by atoms with Gasteiger partial charge in [0.05, 0.1) is 22.4 Å². The Kier molecular flexibility index (Phi) is 8.73. The summed E-state index contributed by atoms with van der Waals surface area (Å²) < 4.78 is 9.05. The predicted molar refractivity (Wildman–Crippen MR) is 239 cm³/mol. The minimum absolute atomic E-state index is 0.0168. The highest BCUT2D eigenvalue weighted by molar-refractivity contribution is 6.10. The summed E-state index contributed by atoms with van der Waals surface area (Å²) in [7, 11) is 0. The van der Waals surface area contributed by atoms with E-state index < -0.39 is 0 Å². The van der Waals surface area contributed by atoms with Gasteiger partial charge >= 0.3 is 0 Å². The van der Waals surface area contributed by atoms with Crippen LogP contribution >= 0.6 is 0 Å². The molecule has 0 aliphatic carbocycles. The Balaban J connectivity index is 1.11. The molecule has 0 atom stereocenters. The summed E-state index contributed by atoms with van der Waals surface area (Å²) in [6, 6.07) is 50.2. The second kappa shape index (κ2) is 13.7. The van der Waals surface area contributed by atoms with Crippen LogP contribution in [0, 0.1) is 13.8 Å². The van der Waals surface area contributed by atoms with Gasteiger partial charge in [0.15, 0.2) is 0 Å². The second-order valence-corrected chi connectivity index (χ2v) is 17.6.